The number of aryl methyl sites for hydroxylation is 1. The van der Waals surface area contributed by atoms with Crippen LogP contribution in [0.5, 0.6) is 0 Å². The number of rotatable bonds is 6. The number of hydrogen-bond acceptors (Lipinski definition) is 4. The van der Waals surface area contributed by atoms with Gasteiger partial charge in [-0.15, -0.1) is 0 Å². The van der Waals surface area contributed by atoms with Crippen LogP contribution in [0, 0.1) is 0 Å². The first-order valence-electron chi connectivity index (χ1n) is 6.63. The average Bonchev–Trinajstić information content (AvgIpc) is 2.93. The van der Waals surface area contributed by atoms with Gasteiger partial charge in [0.25, 0.3) is 0 Å². The van der Waals surface area contributed by atoms with Crippen LogP contribution in [0.4, 0.5) is 0 Å². The van der Waals surface area contributed by atoms with Gasteiger partial charge < -0.3 is 19.2 Å². The molecule has 0 spiro atoms. The van der Waals surface area contributed by atoms with E-state index >= 15 is 0 Å². The highest BCUT2D eigenvalue weighted by Gasteiger charge is 2.32. The topological polar surface area (TPSA) is 43.6 Å². The van der Waals surface area contributed by atoms with Crippen LogP contribution in [0.2, 0.25) is 0 Å². The molecule has 0 aromatic carbocycles. The molecule has 1 N–H and O–H groups in total. The number of hydrogen-bond donors (Lipinski definition) is 1. The first-order chi connectivity index (χ1) is 8.55. The van der Waals surface area contributed by atoms with E-state index in [4.69, 9.17) is 13.9 Å². The normalized spacial score (nSPS) is 24.3. The van der Waals surface area contributed by atoms with Crippen LogP contribution in [0.1, 0.15) is 33.0 Å². The Morgan fingerprint density at radius 3 is 2.94 bits per heavy atom. The van der Waals surface area contributed by atoms with Gasteiger partial charge in [-0.2, -0.15) is 0 Å². The minimum atomic E-state index is -0.427. The highest BCUT2D eigenvalue weighted by Crippen LogP contribution is 2.21. The molecule has 0 aliphatic carbocycles. The van der Waals surface area contributed by atoms with E-state index in [1.807, 2.05) is 26.0 Å². The van der Waals surface area contributed by atoms with Crippen LogP contribution < -0.4 is 5.32 Å². The van der Waals surface area contributed by atoms with E-state index in [9.17, 15) is 0 Å². The van der Waals surface area contributed by atoms with Crippen molar-refractivity contribution in [2.45, 2.75) is 51.5 Å². The van der Waals surface area contributed by atoms with Crippen molar-refractivity contribution in [1.82, 2.24) is 5.32 Å². The van der Waals surface area contributed by atoms with E-state index in [1.54, 1.807) is 6.26 Å². The maximum Gasteiger partial charge on any atom is 0.163 e. The van der Waals surface area contributed by atoms with Crippen molar-refractivity contribution in [3.8, 4) is 0 Å². The van der Waals surface area contributed by atoms with E-state index in [0.29, 0.717) is 12.6 Å². The van der Waals surface area contributed by atoms with Crippen molar-refractivity contribution < 1.29 is 13.9 Å². The highest BCUT2D eigenvalue weighted by atomic mass is 16.7. The van der Waals surface area contributed by atoms with Gasteiger partial charge in [-0.25, -0.2) is 0 Å². The largest absolute Gasteiger partial charge is 0.469 e. The summed E-state index contributed by atoms with van der Waals surface area (Å²) < 4.78 is 16.6. The van der Waals surface area contributed by atoms with Gasteiger partial charge in [-0.3, -0.25) is 0 Å². The molecule has 1 fully saturated rings. The quantitative estimate of drug-likeness (QED) is 0.845. The minimum absolute atomic E-state index is 0.158. The zero-order chi connectivity index (χ0) is 13.0. The van der Waals surface area contributed by atoms with E-state index < -0.39 is 5.79 Å². The molecule has 1 aromatic rings. The summed E-state index contributed by atoms with van der Waals surface area (Å²) in [6.45, 7) is 7.60. The van der Waals surface area contributed by atoms with Crippen LogP contribution in [-0.4, -0.2) is 31.1 Å². The summed E-state index contributed by atoms with van der Waals surface area (Å²) in [5, 5.41) is 3.48. The molecule has 2 atom stereocenters. The summed E-state index contributed by atoms with van der Waals surface area (Å²) in [5.74, 6) is 0.620. The molecule has 102 valence electrons. The molecule has 18 heavy (non-hydrogen) atoms. The van der Waals surface area contributed by atoms with Crippen molar-refractivity contribution in [3.63, 3.8) is 0 Å². The van der Waals surface area contributed by atoms with Crippen LogP contribution in [0.3, 0.4) is 0 Å². The zero-order valence-corrected chi connectivity index (χ0v) is 11.4. The molecule has 0 radical (unpaired) electrons. The lowest BCUT2D eigenvalue weighted by molar-refractivity contribution is -0.137. The third-order valence-electron chi connectivity index (χ3n) is 3.17. The summed E-state index contributed by atoms with van der Waals surface area (Å²) in [6.07, 6.45) is 3.91. The molecule has 0 bridgehead atoms. The molecule has 4 nitrogen and oxygen atoms in total. The summed E-state index contributed by atoms with van der Waals surface area (Å²) >= 11 is 0. The number of furan rings is 1. The Bertz CT molecular complexity index is 348. The van der Waals surface area contributed by atoms with Crippen LogP contribution in [0.15, 0.2) is 22.8 Å². The van der Waals surface area contributed by atoms with Crippen molar-refractivity contribution in [2.75, 3.05) is 13.2 Å². The fourth-order valence-corrected chi connectivity index (χ4v) is 2.11. The molecule has 2 heterocycles. The number of ether oxygens (including phenoxy) is 2. The van der Waals surface area contributed by atoms with Gasteiger partial charge in [0, 0.05) is 19.0 Å². The third-order valence-corrected chi connectivity index (χ3v) is 3.17. The molecule has 2 rings (SSSR count). The molecular weight excluding hydrogens is 230 g/mol. The average molecular weight is 253 g/mol. The Balaban J connectivity index is 1.62. The number of nitrogens with one attached hydrogen (secondary N) is 1. The molecule has 2 unspecified atom stereocenters. The van der Waals surface area contributed by atoms with Crippen LogP contribution >= 0.6 is 0 Å². The van der Waals surface area contributed by atoms with Crippen molar-refractivity contribution in [2.24, 2.45) is 0 Å². The third kappa shape index (κ3) is 4.12. The fourth-order valence-electron chi connectivity index (χ4n) is 2.11. The van der Waals surface area contributed by atoms with Gasteiger partial charge in [0.2, 0.25) is 0 Å². The first-order valence-corrected chi connectivity index (χ1v) is 6.63. The Morgan fingerprint density at radius 1 is 1.50 bits per heavy atom. The van der Waals surface area contributed by atoms with Crippen molar-refractivity contribution in [3.05, 3.63) is 24.2 Å². The summed E-state index contributed by atoms with van der Waals surface area (Å²) in [5.41, 5.74) is 0. The monoisotopic (exact) mass is 253 g/mol. The molecule has 1 aliphatic heterocycles. The standard InChI is InChI=1S/C14H23NO3/c1-11(6-7-12-5-4-8-16-12)15-9-13-10-17-14(2,3)18-13/h4-5,8,11,13,15H,6-7,9-10H2,1-3H3. The van der Waals surface area contributed by atoms with Crippen LogP contribution in [-0.2, 0) is 15.9 Å². The van der Waals surface area contributed by atoms with Crippen molar-refractivity contribution in [1.29, 1.82) is 0 Å². The Morgan fingerprint density at radius 2 is 2.33 bits per heavy atom. The Hall–Kier alpha value is -0.840. The van der Waals surface area contributed by atoms with E-state index in [-0.39, 0.29) is 6.10 Å². The van der Waals surface area contributed by atoms with E-state index in [0.717, 1.165) is 25.1 Å². The lowest BCUT2D eigenvalue weighted by Crippen LogP contribution is -2.36. The summed E-state index contributed by atoms with van der Waals surface area (Å²) in [7, 11) is 0. The summed E-state index contributed by atoms with van der Waals surface area (Å²) in [4.78, 5) is 0. The lowest BCUT2D eigenvalue weighted by Gasteiger charge is -2.19. The lowest BCUT2D eigenvalue weighted by atomic mass is 10.1. The molecule has 1 aliphatic rings. The molecule has 0 saturated carbocycles. The predicted molar refractivity (Wildman–Crippen MR) is 69.4 cm³/mol. The Kier molecular flexibility index (Phi) is 4.43. The van der Waals surface area contributed by atoms with Crippen LogP contribution in [0.25, 0.3) is 0 Å². The molecular formula is C14H23NO3. The molecule has 0 amide bonds. The van der Waals surface area contributed by atoms with Gasteiger partial charge in [-0.1, -0.05) is 0 Å². The predicted octanol–water partition coefficient (Wildman–Crippen LogP) is 2.34. The van der Waals surface area contributed by atoms with Crippen molar-refractivity contribution >= 4 is 0 Å². The Labute approximate surface area is 109 Å². The fraction of sp³-hybridized carbons (Fsp3) is 0.714. The highest BCUT2D eigenvalue weighted by molar-refractivity contribution is 4.98. The minimum Gasteiger partial charge on any atom is -0.469 e. The van der Waals surface area contributed by atoms with Gasteiger partial charge >= 0.3 is 0 Å². The van der Waals surface area contributed by atoms with Gasteiger partial charge in [-0.05, 0) is 39.3 Å². The van der Waals surface area contributed by atoms with Gasteiger partial charge in [0.05, 0.1) is 19.0 Å². The molecule has 1 saturated heterocycles. The van der Waals surface area contributed by atoms with Gasteiger partial charge in [0.1, 0.15) is 5.76 Å². The zero-order valence-electron chi connectivity index (χ0n) is 11.4. The SMILES string of the molecule is CC(CCc1ccco1)NCC1COC(C)(C)O1. The van der Waals surface area contributed by atoms with E-state index in [2.05, 4.69) is 12.2 Å². The second-order valence-corrected chi connectivity index (χ2v) is 5.38. The second-order valence-electron chi connectivity index (χ2n) is 5.38. The second kappa shape index (κ2) is 5.87. The molecule has 4 heteroatoms. The van der Waals surface area contributed by atoms with Gasteiger partial charge in [0.15, 0.2) is 5.79 Å². The van der Waals surface area contributed by atoms with E-state index in [1.165, 1.54) is 0 Å². The smallest absolute Gasteiger partial charge is 0.163 e. The molecule has 1 aromatic heterocycles. The first kappa shape index (κ1) is 13.6. The summed E-state index contributed by atoms with van der Waals surface area (Å²) in [6, 6.07) is 4.39. The maximum absolute atomic E-state index is 5.75. The maximum atomic E-state index is 5.75.